The number of para-hydroxylation sites is 1. The van der Waals surface area contributed by atoms with Crippen LogP contribution in [-0.4, -0.2) is 35.7 Å². The van der Waals surface area contributed by atoms with E-state index in [4.69, 9.17) is 9.47 Å². The number of nitrogens with zero attached hydrogens (tertiary/aromatic N) is 2. The Kier molecular flexibility index (Phi) is 4.21. The number of hydrogen-bond acceptors (Lipinski definition) is 5. The van der Waals surface area contributed by atoms with Crippen LogP contribution in [0.3, 0.4) is 0 Å². The summed E-state index contributed by atoms with van der Waals surface area (Å²) in [7, 11) is 5.08. The van der Waals surface area contributed by atoms with E-state index in [0.717, 1.165) is 22.6 Å². The lowest BCUT2D eigenvalue weighted by atomic mass is 10.0. The van der Waals surface area contributed by atoms with Crippen LogP contribution >= 0.6 is 11.8 Å². The van der Waals surface area contributed by atoms with E-state index in [9.17, 15) is 4.79 Å². The Labute approximate surface area is 139 Å². The van der Waals surface area contributed by atoms with Gasteiger partial charge in [-0.05, 0) is 13.0 Å². The molecule has 0 saturated heterocycles. The van der Waals surface area contributed by atoms with Gasteiger partial charge in [-0.2, -0.15) is 5.10 Å². The number of amides is 1. The topological polar surface area (TPSA) is 65.4 Å². The van der Waals surface area contributed by atoms with Gasteiger partial charge in [0.15, 0.2) is 11.5 Å². The van der Waals surface area contributed by atoms with Gasteiger partial charge >= 0.3 is 0 Å². The molecule has 1 aliphatic rings. The first-order chi connectivity index (χ1) is 11.1. The van der Waals surface area contributed by atoms with E-state index >= 15 is 0 Å². The fourth-order valence-electron chi connectivity index (χ4n) is 2.91. The van der Waals surface area contributed by atoms with Gasteiger partial charge in [0.25, 0.3) is 0 Å². The molecule has 1 amide bonds. The largest absolute Gasteiger partial charge is 0.493 e. The summed E-state index contributed by atoms with van der Waals surface area (Å²) in [6.45, 7) is 1.95. The van der Waals surface area contributed by atoms with Crippen LogP contribution in [0.15, 0.2) is 18.2 Å². The molecule has 1 aromatic heterocycles. The molecule has 1 atom stereocenters. The second kappa shape index (κ2) is 6.16. The predicted molar refractivity (Wildman–Crippen MR) is 90.4 cm³/mol. The van der Waals surface area contributed by atoms with E-state index in [1.54, 1.807) is 30.7 Å². The van der Waals surface area contributed by atoms with Gasteiger partial charge in [-0.3, -0.25) is 9.48 Å². The number of nitrogens with one attached hydrogen (secondary N) is 1. The zero-order chi connectivity index (χ0) is 16.6. The molecule has 1 aliphatic heterocycles. The third-order valence-corrected chi connectivity index (χ3v) is 5.14. The summed E-state index contributed by atoms with van der Waals surface area (Å²) in [5.74, 6) is 2.46. The normalized spacial score (nSPS) is 17.2. The number of aryl methyl sites for hydroxylation is 2. The first kappa shape index (κ1) is 15.7. The molecular formula is C16H19N3O3S. The van der Waals surface area contributed by atoms with Crippen molar-refractivity contribution < 1.29 is 14.3 Å². The lowest BCUT2D eigenvalue weighted by molar-refractivity contribution is -0.113. The molecule has 1 aromatic carbocycles. The third kappa shape index (κ3) is 2.65. The minimum Gasteiger partial charge on any atom is -0.493 e. The van der Waals surface area contributed by atoms with Gasteiger partial charge in [0.2, 0.25) is 5.91 Å². The van der Waals surface area contributed by atoms with Crippen LogP contribution < -0.4 is 14.8 Å². The first-order valence-corrected chi connectivity index (χ1v) is 8.27. The van der Waals surface area contributed by atoms with Gasteiger partial charge in [0.1, 0.15) is 5.82 Å². The van der Waals surface area contributed by atoms with Crippen molar-refractivity contribution in [1.29, 1.82) is 0 Å². The Bertz CT molecular complexity index is 757. The predicted octanol–water partition coefficient (Wildman–Crippen LogP) is 2.52. The molecule has 1 N–H and O–H groups in total. The summed E-state index contributed by atoms with van der Waals surface area (Å²) < 4.78 is 12.7. The van der Waals surface area contributed by atoms with Gasteiger partial charge < -0.3 is 14.8 Å². The Morgan fingerprint density at radius 3 is 2.83 bits per heavy atom. The molecule has 0 aliphatic carbocycles. The van der Waals surface area contributed by atoms with Crippen LogP contribution in [0.5, 0.6) is 11.5 Å². The van der Waals surface area contributed by atoms with E-state index < -0.39 is 0 Å². The SMILES string of the molecule is COc1cccc([C@@H]2SCC(=O)Nc3c2c(C)nn3C)c1OC. The number of fused-ring (bicyclic) bond motifs is 1. The number of hydrogen-bond donors (Lipinski definition) is 1. The fourth-order valence-corrected chi connectivity index (χ4v) is 4.12. The number of aromatic nitrogens is 2. The highest BCUT2D eigenvalue weighted by Crippen LogP contribution is 2.47. The quantitative estimate of drug-likeness (QED) is 0.935. The lowest BCUT2D eigenvalue weighted by Crippen LogP contribution is -2.15. The van der Waals surface area contributed by atoms with E-state index in [-0.39, 0.29) is 11.2 Å². The van der Waals surface area contributed by atoms with Crippen LogP contribution in [0.4, 0.5) is 5.82 Å². The lowest BCUT2D eigenvalue weighted by Gasteiger charge is -2.19. The Balaban J connectivity index is 2.20. The van der Waals surface area contributed by atoms with Crippen molar-refractivity contribution in [2.75, 3.05) is 25.3 Å². The first-order valence-electron chi connectivity index (χ1n) is 7.22. The molecule has 0 radical (unpaired) electrons. The highest BCUT2D eigenvalue weighted by Gasteiger charge is 2.31. The van der Waals surface area contributed by atoms with E-state index in [1.165, 1.54) is 0 Å². The number of rotatable bonds is 3. The summed E-state index contributed by atoms with van der Waals surface area (Å²) in [6.07, 6.45) is 0. The van der Waals surface area contributed by atoms with Crippen molar-refractivity contribution in [2.45, 2.75) is 12.2 Å². The summed E-state index contributed by atoms with van der Waals surface area (Å²) in [4.78, 5) is 12.0. The highest BCUT2D eigenvalue weighted by molar-refractivity contribution is 8.00. The van der Waals surface area contributed by atoms with Gasteiger partial charge in [-0.1, -0.05) is 12.1 Å². The zero-order valence-corrected chi connectivity index (χ0v) is 14.4. The molecule has 0 spiro atoms. The molecule has 0 bridgehead atoms. The molecule has 0 fully saturated rings. The van der Waals surface area contributed by atoms with Crippen molar-refractivity contribution in [3.63, 3.8) is 0 Å². The average Bonchev–Trinajstić information content (AvgIpc) is 2.72. The number of thioether (sulfide) groups is 1. The molecule has 2 aromatic rings. The summed E-state index contributed by atoms with van der Waals surface area (Å²) in [6, 6.07) is 5.80. The van der Waals surface area contributed by atoms with Crippen molar-refractivity contribution in [2.24, 2.45) is 7.05 Å². The highest BCUT2D eigenvalue weighted by atomic mass is 32.2. The van der Waals surface area contributed by atoms with Crippen LogP contribution in [0.25, 0.3) is 0 Å². The van der Waals surface area contributed by atoms with Crippen molar-refractivity contribution in [3.05, 3.63) is 35.0 Å². The molecule has 3 rings (SSSR count). The van der Waals surface area contributed by atoms with Crippen LogP contribution in [0, 0.1) is 6.92 Å². The Morgan fingerprint density at radius 1 is 1.35 bits per heavy atom. The van der Waals surface area contributed by atoms with Crippen molar-refractivity contribution in [3.8, 4) is 11.5 Å². The zero-order valence-electron chi connectivity index (χ0n) is 13.5. The summed E-state index contributed by atoms with van der Waals surface area (Å²) >= 11 is 1.56. The Hall–Kier alpha value is -2.15. The Morgan fingerprint density at radius 2 is 2.13 bits per heavy atom. The number of anilines is 1. The second-order valence-corrected chi connectivity index (χ2v) is 6.39. The van der Waals surface area contributed by atoms with Gasteiger partial charge in [-0.15, -0.1) is 11.8 Å². The van der Waals surface area contributed by atoms with Crippen LogP contribution in [0.2, 0.25) is 0 Å². The van der Waals surface area contributed by atoms with Crippen molar-refractivity contribution in [1.82, 2.24) is 9.78 Å². The van der Waals surface area contributed by atoms with Crippen LogP contribution in [0.1, 0.15) is 22.1 Å². The van der Waals surface area contributed by atoms with Crippen LogP contribution in [-0.2, 0) is 11.8 Å². The molecule has 7 heteroatoms. The fraction of sp³-hybridized carbons (Fsp3) is 0.375. The smallest absolute Gasteiger partial charge is 0.235 e. The molecule has 0 unspecified atom stereocenters. The van der Waals surface area contributed by atoms with Gasteiger partial charge in [-0.25, -0.2) is 0 Å². The van der Waals surface area contributed by atoms with E-state index in [0.29, 0.717) is 17.3 Å². The molecule has 122 valence electrons. The molecule has 6 nitrogen and oxygen atoms in total. The van der Waals surface area contributed by atoms with Crippen molar-refractivity contribution >= 4 is 23.5 Å². The maximum absolute atomic E-state index is 12.0. The molecule has 0 saturated carbocycles. The molecule has 2 heterocycles. The standard InChI is InChI=1S/C16H19N3O3S/c1-9-13-15(10-6-5-7-11(21-3)14(10)22-4)23-8-12(20)17-16(13)19(2)18-9/h5-7,15H,8H2,1-4H3,(H,17,20)/t15-/m0/s1. The number of ether oxygens (including phenoxy) is 2. The van der Waals surface area contributed by atoms with E-state index in [1.807, 2.05) is 32.2 Å². The summed E-state index contributed by atoms with van der Waals surface area (Å²) in [5.41, 5.74) is 2.88. The van der Waals surface area contributed by atoms with E-state index in [2.05, 4.69) is 10.4 Å². The molecule has 23 heavy (non-hydrogen) atoms. The maximum Gasteiger partial charge on any atom is 0.235 e. The minimum atomic E-state index is -0.0531. The number of benzene rings is 1. The number of methoxy groups -OCH3 is 2. The third-order valence-electron chi connectivity index (χ3n) is 3.89. The van der Waals surface area contributed by atoms with Gasteiger partial charge in [0, 0.05) is 18.2 Å². The molecular weight excluding hydrogens is 314 g/mol. The number of carbonyl (C=O) groups excluding carboxylic acids is 1. The second-order valence-electron chi connectivity index (χ2n) is 5.29. The summed E-state index contributed by atoms with van der Waals surface area (Å²) in [5, 5.41) is 7.35. The monoisotopic (exact) mass is 333 g/mol. The van der Waals surface area contributed by atoms with Gasteiger partial charge in [0.05, 0.1) is 30.9 Å². The maximum atomic E-state index is 12.0. The average molecular weight is 333 g/mol. The minimum absolute atomic E-state index is 0.0244. The number of carbonyl (C=O) groups is 1.